The molecule has 1 saturated heterocycles. The first-order valence-electron chi connectivity index (χ1n) is 6.38. The number of halogens is 1. The summed E-state index contributed by atoms with van der Waals surface area (Å²) < 4.78 is 4.92. The maximum atomic E-state index is 11.6. The molecule has 1 aliphatic rings. The molecule has 6 heteroatoms. The number of esters is 1. The van der Waals surface area contributed by atoms with E-state index in [4.69, 9.17) is 16.3 Å². The summed E-state index contributed by atoms with van der Waals surface area (Å²) in [5.74, 6) is 0.352. The molecule has 1 aromatic heterocycles. The van der Waals surface area contributed by atoms with Crippen LogP contribution in [0.2, 0.25) is 5.02 Å². The van der Waals surface area contributed by atoms with Gasteiger partial charge in [-0.15, -0.1) is 0 Å². The third-order valence-electron chi connectivity index (χ3n) is 3.14. The molecule has 0 N–H and O–H groups in total. The Kier molecular flexibility index (Phi) is 4.61. The van der Waals surface area contributed by atoms with Crippen molar-refractivity contribution < 1.29 is 9.53 Å². The van der Waals surface area contributed by atoms with Crippen LogP contribution >= 0.6 is 11.6 Å². The van der Waals surface area contributed by atoms with Crippen LogP contribution < -0.4 is 4.90 Å². The topological polar surface area (TPSA) is 45.7 Å². The lowest BCUT2D eigenvalue weighted by molar-refractivity contribution is 0.0526. The van der Waals surface area contributed by atoms with E-state index >= 15 is 0 Å². The zero-order valence-electron chi connectivity index (χ0n) is 11.2. The largest absolute Gasteiger partial charge is 0.462 e. The van der Waals surface area contributed by atoms with Crippen molar-refractivity contribution in [2.45, 2.75) is 6.92 Å². The number of hydrogen-bond donors (Lipinski definition) is 0. The van der Waals surface area contributed by atoms with Gasteiger partial charge in [0.2, 0.25) is 0 Å². The number of carbonyl (C=O) groups is 1. The van der Waals surface area contributed by atoms with E-state index in [-0.39, 0.29) is 5.97 Å². The van der Waals surface area contributed by atoms with Gasteiger partial charge >= 0.3 is 5.97 Å². The molecular weight excluding hydrogens is 266 g/mol. The van der Waals surface area contributed by atoms with Crippen molar-refractivity contribution in [2.24, 2.45) is 0 Å². The SMILES string of the molecule is CCOC(=O)c1cnc(N2CCN(C)CC2)c(Cl)c1. The van der Waals surface area contributed by atoms with Crippen LogP contribution in [0.3, 0.4) is 0 Å². The van der Waals surface area contributed by atoms with Crippen molar-refractivity contribution >= 4 is 23.4 Å². The smallest absolute Gasteiger partial charge is 0.339 e. The van der Waals surface area contributed by atoms with Gasteiger partial charge in [0.1, 0.15) is 5.82 Å². The Morgan fingerprint density at radius 1 is 1.42 bits per heavy atom. The number of rotatable bonds is 3. The number of ether oxygens (including phenoxy) is 1. The number of pyridine rings is 1. The molecule has 0 atom stereocenters. The first-order chi connectivity index (χ1) is 9.11. The van der Waals surface area contributed by atoms with Gasteiger partial charge in [-0.05, 0) is 20.0 Å². The molecule has 2 heterocycles. The third kappa shape index (κ3) is 3.36. The van der Waals surface area contributed by atoms with Gasteiger partial charge in [0.05, 0.1) is 17.2 Å². The molecule has 0 aromatic carbocycles. The summed E-state index contributed by atoms with van der Waals surface area (Å²) in [6.45, 7) is 5.86. The van der Waals surface area contributed by atoms with E-state index in [0.29, 0.717) is 17.2 Å². The van der Waals surface area contributed by atoms with Gasteiger partial charge in [-0.1, -0.05) is 11.6 Å². The number of aromatic nitrogens is 1. The molecule has 104 valence electrons. The van der Waals surface area contributed by atoms with Crippen molar-refractivity contribution in [1.29, 1.82) is 0 Å². The Labute approximate surface area is 118 Å². The molecular formula is C13H18ClN3O2. The Bertz CT molecular complexity index is 459. The molecule has 0 saturated carbocycles. The van der Waals surface area contributed by atoms with Crippen LogP contribution in [0, 0.1) is 0 Å². The van der Waals surface area contributed by atoms with Crippen LogP contribution in [-0.2, 0) is 4.74 Å². The maximum Gasteiger partial charge on any atom is 0.339 e. The van der Waals surface area contributed by atoms with Gasteiger partial charge < -0.3 is 14.5 Å². The molecule has 1 aliphatic heterocycles. The highest BCUT2D eigenvalue weighted by molar-refractivity contribution is 6.33. The van der Waals surface area contributed by atoms with Gasteiger partial charge in [-0.25, -0.2) is 9.78 Å². The predicted molar refractivity (Wildman–Crippen MR) is 74.9 cm³/mol. The normalized spacial score (nSPS) is 16.5. The summed E-state index contributed by atoms with van der Waals surface area (Å²) in [7, 11) is 2.09. The van der Waals surface area contributed by atoms with Crippen LogP contribution in [0.1, 0.15) is 17.3 Å². The minimum Gasteiger partial charge on any atom is -0.462 e. The van der Waals surface area contributed by atoms with Crippen LogP contribution in [-0.4, -0.2) is 55.7 Å². The fourth-order valence-electron chi connectivity index (χ4n) is 2.01. The van der Waals surface area contributed by atoms with Crippen molar-refractivity contribution in [3.63, 3.8) is 0 Å². The Balaban J connectivity index is 2.13. The monoisotopic (exact) mass is 283 g/mol. The summed E-state index contributed by atoms with van der Waals surface area (Å²) in [5.41, 5.74) is 0.393. The summed E-state index contributed by atoms with van der Waals surface area (Å²) in [5, 5.41) is 0.495. The van der Waals surface area contributed by atoms with E-state index < -0.39 is 0 Å². The molecule has 0 amide bonds. The van der Waals surface area contributed by atoms with Crippen LogP contribution in [0.5, 0.6) is 0 Å². The molecule has 0 spiro atoms. The molecule has 1 aromatic rings. The van der Waals surface area contributed by atoms with Crippen molar-refractivity contribution in [1.82, 2.24) is 9.88 Å². The molecule has 2 rings (SSSR count). The number of nitrogens with zero attached hydrogens (tertiary/aromatic N) is 3. The second kappa shape index (κ2) is 6.21. The van der Waals surface area contributed by atoms with Crippen LogP contribution in [0.15, 0.2) is 12.3 Å². The number of likely N-dealkylation sites (N-methyl/N-ethyl adjacent to an activating group) is 1. The average Bonchev–Trinajstić information content (AvgIpc) is 2.40. The molecule has 19 heavy (non-hydrogen) atoms. The number of carbonyl (C=O) groups excluding carboxylic acids is 1. The van der Waals surface area contributed by atoms with Gasteiger partial charge in [0.15, 0.2) is 0 Å². The molecule has 1 fully saturated rings. The fourth-order valence-corrected chi connectivity index (χ4v) is 2.29. The highest BCUT2D eigenvalue weighted by Crippen LogP contribution is 2.25. The van der Waals surface area contributed by atoms with E-state index in [1.54, 1.807) is 13.0 Å². The lowest BCUT2D eigenvalue weighted by Crippen LogP contribution is -2.44. The van der Waals surface area contributed by atoms with Crippen molar-refractivity contribution in [3.05, 3.63) is 22.8 Å². The van der Waals surface area contributed by atoms with Gasteiger partial charge in [0.25, 0.3) is 0 Å². The Hall–Kier alpha value is -1.33. The predicted octanol–water partition coefficient (Wildman–Crippen LogP) is 1.66. The van der Waals surface area contributed by atoms with Gasteiger partial charge in [-0.3, -0.25) is 0 Å². The highest BCUT2D eigenvalue weighted by Gasteiger charge is 2.19. The summed E-state index contributed by atoms with van der Waals surface area (Å²) in [4.78, 5) is 20.3. The van der Waals surface area contributed by atoms with E-state index in [1.165, 1.54) is 6.20 Å². The standard InChI is InChI=1S/C13H18ClN3O2/c1-3-19-13(18)10-8-11(14)12(15-9-10)17-6-4-16(2)5-7-17/h8-9H,3-7H2,1-2H3. The second-order valence-corrected chi connectivity index (χ2v) is 4.95. The number of anilines is 1. The quantitative estimate of drug-likeness (QED) is 0.790. The third-order valence-corrected chi connectivity index (χ3v) is 3.41. The lowest BCUT2D eigenvalue weighted by Gasteiger charge is -2.33. The average molecular weight is 284 g/mol. The molecule has 5 nitrogen and oxygen atoms in total. The number of hydrogen-bond acceptors (Lipinski definition) is 5. The maximum absolute atomic E-state index is 11.6. The molecule has 0 aliphatic carbocycles. The number of piperazine rings is 1. The van der Waals surface area contributed by atoms with Gasteiger partial charge in [-0.2, -0.15) is 0 Å². The second-order valence-electron chi connectivity index (χ2n) is 4.54. The summed E-state index contributed by atoms with van der Waals surface area (Å²) in [6.07, 6.45) is 1.53. The first kappa shape index (κ1) is 14.1. The minimum atomic E-state index is -0.387. The zero-order chi connectivity index (χ0) is 13.8. The van der Waals surface area contributed by atoms with Crippen LogP contribution in [0.4, 0.5) is 5.82 Å². The Morgan fingerprint density at radius 3 is 2.68 bits per heavy atom. The molecule has 0 unspecified atom stereocenters. The van der Waals surface area contributed by atoms with E-state index in [2.05, 4.69) is 21.8 Å². The van der Waals surface area contributed by atoms with E-state index in [1.807, 2.05) is 0 Å². The van der Waals surface area contributed by atoms with Gasteiger partial charge in [0, 0.05) is 32.4 Å². The highest BCUT2D eigenvalue weighted by atomic mass is 35.5. The Morgan fingerprint density at radius 2 is 2.11 bits per heavy atom. The first-order valence-corrected chi connectivity index (χ1v) is 6.75. The van der Waals surface area contributed by atoms with E-state index in [9.17, 15) is 4.79 Å². The van der Waals surface area contributed by atoms with Crippen LogP contribution in [0.25, 0.3) is 0 Å². The minimum absolute atomic E-state index is 0.344. The molecule has 0 radical (unpaired) electrons. The van der Waals surface area contributed by atoms with E-state index in [0.717, 1.165) is 32.0 Å². The van der Waals surface area contributed by atoms with Crippen molar-refractivity contribution in [3.8, 4) is 0 Å². The summed E-state index contributed by atoms with van der Waals surface area (Å²) in [6, 6.07) is 1.63. The fraction of sp³-hybridized carbons (Fsp3) is 0.538. The summed E-state index contributed by atoms with van der Waals surface area (Å²) >= 11 is 6.22. The molecule has 0 bridgehead atoms. The zero-order valence-corrected chi connectivity index (χ0v) is 12.0. The van der Waals surface area contributed by atoms with Crippen molar-refractivity contribution in [2.75, 3.05) is 44.7 Å². The lowest BCUT2D eigenvalue weighted by atomic mass is 10.2.